The minimum Gasteiger partial charge on any atom is -0.488 e. The molecule has 0 spiro atoms. The summed E-state index contributed by atoms with van der Waals surface area (Å²) in [6.45, 7) is 5.84. The summed E-state index contributed by atoms with van der Waals surface area (Å²) in [5.41, 5.74) is 3.54. The Kier molecular flexibility index (Phi) is 7.06. The SMILES string of the molecule is Fc1ccc(OC2CCCC2)c(N2CCN(CCCN3c4ccccc4Sc4ccccc43)CC2)c1. The molecule has 188 valence electrons. The molecule has 4 nitrogen and oxygen atoms in total. The van der Waals surface area contributed by atoms with Crippen molar-refractivity contribution in [2.24, 2.45) is 0 Å². The Morgan fingerprint density at radius 2 is 1.44 bits per heavy atom. The average molecular weight is 504 g/mol. The Morgan fingerprint density at radius 3 is 2.14 bits per heavy atom. The Bertz CT molecular complexity index is 1140. The van der Waals surface area contributed by atoms with Gasteiger partial charge in [-0.25, -0.2) is 4.39 Å². The molecular formula is C30H34FN3OS. The summed E-state index contributed by atoms with van der Waals surface area (Å²) in [5.74, 6) is 0.656. The third kappa shape index (κ3) is 5.07. The molecule has 0 bridgehead atoms. The normalized spacial score (nSPS) is 18.2. The van der Waals surface area contributed by atoms with Crippen LogP contribution in [0.4, 0.5) is 21.5 Å². The standard InChI is InChI=1S/C30H34FN3OS/c31-23-14-15-28(35-24-8-1-2-9-24)27(22-23)33-20-18-32(19-21-33)16-7-17-34-25-10-3-5-12-29(25)36-30-13-6-4-11-26(30)34/h3-6,10-15,22,24H,1-2,7-9,16-21H2. The lowest BCUT2D eigenvalue weighted by atomic mass is 10.2. The van der Waals surface area contributed by atoms with Crippen molar-refractivity contribution in [2.75, 3.05) is 49.1 Å². The third-order valence-electron chi connectivity index (χ3n) is 7.62. The van der Waals surface area contributed by atoms with Gasteiger partial charge in [0, 0.05) is 48.6 Å². The second-order valence-electron chi connectivity index (χ2n) is 10.0. The molecule has 3 aliphatic rings. The van der Waals surface area contributed by atoms with Gasteiger partial charge < -0.3 is 14.5 Å². The van der Waals surface area contributed by atoms with Crippen LogP contribution in [0.2, 0.25) is 0 Å². The van der Waals surface area contributed by atoms with Crippen LogP contribution in [0, 0.1) is 5.82 Å². The minimum absolute atomic E-state index is 0.188. The van der Waals surface area contributed by atoms with Crippen LogP contribution in [0.5, 0.6) is 5.75 Å². The number of piperazine rings is 1. The highest BCUT2D eigenvalue weighted by Crippen LogP contribution is 2.47. The van der Waals surface area contributed by atoms with E-state index in [0.29, 0.717) is 0 Å². The minimum atomic E-state index is -0.188. The molecule has 0 N–H and O–H groups in total. The van der Waals surface area contributed by atoms with E-state index in [0.717, 1.165) is 70.0 Å². The van der Waals surface area contributed by atoms with E-state index in [4.69, 9.17) is 4.74 Å². The van der Waals surface area contributed by atoms with Gasteiger partial charge in [-0.1, -0.05) is 36.0 Å². The van der Waals surface area contributed by atoms with E-state index in [-0.39, 0.29) is 11.9 Å². The highest BCUT2D eigenvalue weighted by molar-refractivity contribution is 7.99. The topological polar surface area (TPSA) is 19.0 Å². The van der Waals surface area contributed by atoms with Crippen molar-refractivity contribution < 1.29 is 9.13 Å². The summed E-state index contributed by atoms with van der Waals surface area (Å²) in [6.07, 6.45) is 6.05. The Morgan fingerprint density at radius 1 is 0.778 bits per heavy atom. The van der Waals surface area contributed by atoms with Crippen molar-refractivity contribution in [1.82, 2.24) is 4.90 Å². The van der Waals surface area contributed by atoms with Gasteiger partial charge >= 0.3 is 0 Å². The fourth-order valence-corrected chi connectivity index (χ4v) is 6.81. The predicted molar refractivity (Wildman–Crippen MR) is 147 cm³/mol. The number of rotatable bonds is 7. The Labute approximate surface area is 218 Å². The number of nitrogens with zero attached hydrogens (tertiary/aromatic N) is 3. The monoisotopic (exact) mass is 503 g/mol. The second-order valence-corrected chi connectivity index (χ2v) is 11.1. The van der Waals surface area contributed by atoms with Gasteiger partial charge in [0.2, 0.25) is 0 Å². The van der Waals surface area contributed by atoms with Crippen LogP contribution in [-0.4, -0.2) is 50.3 Å². The van der Waals surface area contributed by atoms with Gasteiger partial charge in [0.05, 0.1) is 23.2 Å². The molecule has 0 unspecified atom stereocenters. The Hall–Kier alpha value is -2.70. The summed E-state index contributed by atoms with van der Waals surface area (Å²) < 4.78 is 20.4. The molecule has 1 saturated carbocycles. The third-order valence-corrected chi connectivity index (χ3v) is 8.75. The molecule has 3 aromatic carbocycles. The van der Waals surface area contributed by atoms with E-state index in [9.17, 15) is 4.39 Å². The maximum atomic E-state index is 14.1. The van der Waals surface area contributed by atoms with Gasteiger partial charge in [0.1, 0.15) is 11.6 Å². The highest BCUT2D eigenvalue weighted by atomic mass is 32.2. The lowest BCUT2D eigenvalue weighted by Crippen LogP contribution is -2.47. The molecule has 6 rings (SSSR count). The molecule has 1 aliphatic carbocycles. The molecule has 2 heterocycles. The van der Waals surface area contributed by atoms with Crippen LogP contribution in [-0.2, 0) is 0 Å². The van der Waals surface area contributed by atoms with Crippen LogP contribution in [0.1, 0.15) is 32.1 Å². The smallest absolute Gasteiger partial charge is 0.143 e. The molecule has 3 aromatic rings. The first-order valence-corrected chi connectivity index (χ1v) is 14.1. The molecule has 0 amide bonds. The van der Waals surface area contributed by atoms with Crippen LogP contribution in [0.25, 0.3) is 0 Å². The summed E-state index contributed by atoms with van der Waals surface area (Å²) >= 11 is 1.86. The first-order chi connectivity index (χ1) is 17.7. The zero-order valence-corrected chi connectivity index (χ0v) is 21.6. The van der Waals surface area contributed by atoms with E-state index < -0.39 is 0 Å². The van der Waals surface area contributed by atoms with E-state index in [2.05, 4.69) is 63.2 Å². The van der Waals surface area contributed by atoms with E-state index in [1.807, 2.05) is 17.8 Å². The number of anilines is 3. The maximum Gasteiger partial charge on any atom is 0.143 e. The second kappa shape index (κ2) is 10.7. The first kappa shape index (κ1) is 23.7. The molecule has 2 fully saturated rings. The quantitative estimate of drug-likeness (QED) is 0.346. The zero-order valence-electron chi connectivity index (χ0n) is 20.7. The summed E-state index contributed by atoms with van der Waals surface area (Å²) in [4.78, 5) is 9.99. The number of hydrogen-bond donors (Lipinski definition) is 0. The lowest BCUT2D eigenvalue weighted by molar-refractivity contribution is 0.208. The molecule has 1 saturated heterocycles. The van der Waals surface area contributed by atoms with Crippen molar-refractivity contribution in [3.63, 3.8) is 0 Å². The van der Waals surface area contributed by atoms with Crippen LogP contribution in [0.15, 0.2) is 76.5 Å². The van der Waals surface area contributed by atoms with Crippen LogP contribution < -0.4 is 14.5 Å². The van der Waals surface area contributed by atoms with E-state index >= 15 is 0 Å². The highest BCUT2D eigenvalue weighted by Gasteiger charge is 2.25. The van der Waals surface area contributed by atoms with E-state index in [1.54, 1.807) is 6.07 Å². The molecule has 2 aliphatic heterocycles. The number of fused-ring (bicyclic) bond motifs is 2. The summed E-state index contributed by atoms with van der Waals surface area (Å²) in [5, 5.41) is 0. The first-order valence-electron chi connectivity index (χ1n) is 13.3. The van der Waals surface area contributed by atoms with Crippen molar-refractivity contribution in [1.29, 1.82) is 0 Å². The number of benzene rings is 3. The number of ether oxygens (including phenoxy) is 1. The molecule has 0 radical (unpaired) electrons. The van der Waals surface area contributed by atoms with Crippen molar-refractivity contribution in [3.8, 4) is 5.75 Å². The lowest BCUT2D eigenvalue weighted by Gasteiger charge is -2.38. The van der Waals surface area contributed by atoms with Crippen LogP contribution >= 0.6 is 11.8 Å². The van der Waals surface area contributed by atoms with Crippen LogP contribution in [0.3, 0.4) is 0 Å². The van der Waals surface area contributed by atoms with Gasteiger partial charge in [-0.05, 0) is 75.0 Å². The molecule has 36 heavy (non-hydrogen) atoms. The summed E-state index contributed by atoms with van der Waals surface area (Å²) in [6, 6.07) is 22.4. The Balaban J connectivity index is 1.06. The van der Waals surface area contributed by atoms with Gasteiger partial charge in [0.15, 0.2) is 0 Å². The van der Waals surface area contributed by atoms with Gasteiger partial charge in [-0.15, -0.1) is 0 Å². The van der Waals surface area contributed by atoms with Gasteiger partial charge in [0.25, 0.3) is 0 Å². The van der Waals surface area contributed by atoms with Crippen molar-refractivity contribution in [3.05, 3.63) is 72.5 Å². The van der Waals surface area contributed by atoms with Crippen molar-refractivity contribution >= 4 is 28.8 Å². The van der Waals surface area contributed by atoms with Gasteiger partial charge in [-0.2, -0.15) is 0 Å². The van der Waals surface area contributed by atoms with Gasteiger partial charge in [-0.3, -0.25) is 4.90 Å². The number of hydrogen-bond acceptors (Lipinski definition) is 5. The van der Waals surface area contributed by atoms with Crippen molar-refractivity contribution in [2.45, 2.75) is 48.0 Å². The molecular weight excluding hydrogens is 469 g/mol. The van der Waals surface area contributed by atoms with E-state index in [1.165, 1.54) is 40.1 Å². The fourth-order valence-electron chi connectivity index (χ4n) is 5.71. The number of para-hydroxylation sites is 2. The fraction of sp³-hybridized carbons (Fsp3) is 0.400. The number of halogens is 1. The molecule has 6 heteroatoms. The molecule has 0 aromatic heterocycles. The zero-order chi connectivity index (χ0) is 24.3. The predicted octanol–water partition coefficient (Wildman–Crippen LogP) is 6.96. The summed E-state index contributed by atoms with van der Waals surface area (Å²) in [7, 11) is 0. The molecule has 0 atom stereocenters. The maximum absolute atomic E-state index is 14.1. The largest absolute Gasteiger partial charge is 0.488 e. The average Bonchev–Trinajstić information content (AvgIpc) is 3.43.